The Kier molecular flexibility index (Phi) is 6.28. The standard InChI is InChI=1S/C25H22BrN3O2/c1-3-24-28-23-11-10-20(26)14-22(23)25(30)29(24)27-15-18-7-5-9-21(13-18)31-16-19-8-4-6-17(2)12-19/h4-15H,3,16H2,1-2H3. The first-order valence-corrected chi connectivity index (χ1v) is 10.9. The average molecular weight is 476 g/mol. The van der Waals surface area contributed by atoms with Gasteiger partial charge in [0, 0.05) is 10.9 Å². The largest absolute Gasteiger partial charge is 0.489 e. The SMILES string of the molecule is CCc1nc2ccc(Br)cc2c(=O)n1N=Cc1cccc(OCc2cccc(C)c2)c1. The van der Waals surface area contributed by atoms with Crippen molar-refractivity contribution in [1.82, 2.24) is 9.66 Å². The van der Waals surface area contributed by atoms with Gasteiger partial charge in [-0.05, 0) is 48.4 Å². The van der Waals surface area contributed by atoms with Gasteiger partial charge >= 0.3 is 0 Å². The van der Waals surface area contributed by atoms with Crippen LogP contribution < -0.4 is 10.3 Å². The minimum Gasteiger partial charge on any atom is -0.489 e. The maximum Gasteiger partial charge on any atom is 0.282 e. The number of hydrogen-bond donors (Lipinski definition) is 0. The molecule has 0 bridgehead atoms. The molecule has 0 radical (unpaired) electrons. The van der Waals surface area contributed by atoms with E-state index in [1.165, 1.54) is 10.2 Å². The number of hydrogen-bond acceptors (Lipinski definition) is 4. The molecule has 0 fully saturated rings. The summed E-state index contributed by atoms with van der Waals surface area (Å²) in [6.07, 6.45) is 2.25. The van der Waals surface area contributed by atoms with Crippen molar-refractivity contribution >= 4 is 33.0 Å². The zero-order valence-electron chi connectivity index (χ0n) is 17.4. The third-order valence-corrected chi connectivity index (χ3v) is 5.35. The van der Waals surface area contributed by atoms with Crippen molar-refractivity contribution in [2.75, 3.05) is 0 Å². The summed E-state index contributed by atoms with van der Waals surface area (Å²) in [6, 6.07) is 21.4. The molecule has 6 heteroatoms. The number of halogens is 1. The summed E-state index contributed by atoms with van der Waals surface area (Å²) in [4.78, 5) is 17.6. The number of ether oxygens (including phenoxy) is 1. The van der Waals surface area contributed by atoms with E-state index < -0.39 is 0 Å². The van der Waals surface area contributed by atoms with Crippen LogP contribution in [-0.2, 0) is 13.0 Å². The molecule has 0 aliphatic rings. The first kappa shape index (κ1) is 21.0. The normalized spacial score (nSPS) is 11.3. The lowest BCUT2D eigenvalue weighted by Gasteiger charge is -2.09. The summed E-state index contributed by atoms with van der Waals surface area (Å²) < 4.78 is 8.13. The summed E-state index contributed by atoms with van der Waals surface area (Å²) in [6.45, 7) is 4.51. The zero-order valence-corrected chi connectivity index (χ0v) is 19.0. The molecule has 1 aromatic heterocycles. The predicted molar refractivity (Wildman–Crippen MR) is 128 cm³/mol. The predicted octanol–water partition coefficient (Wildman–Crippen LogP) is 5.49. The van der Waals surface area contributed by atoms with Gasteiger partial charge in [0.05, 0.1) is 17.1 Å². The first-order chi connectivity index (χ1) is 15.0. The molecule has 3 aromatic carbocycles. The van der Waals surface area contributed by atoms with Crippen LogP contribution in [0.1, 0.15) is 29.4 Å². The van der Waals surface area contributed by atoms with E-state index in [-0.39, 0.29) is 5.56 Å². The van der Waals surface area contributed by atoms with Crippen LogP contribution in [0.25, 0.3) is 10.9 Å². The number of benzene rings is 3. The lowest BCUT2D eigenvalue weighted by Crippen LogP contribution is -2.22. The van der Waals surface area contributed by atoms with Gasteiger partial charge in [0.15, 0.2) is 0 Å². The Morgan fingerprint density at radius 1 is 1.10 bits per heavy atom. The Morgan fingerprint density at radius 3 is 2.74 bits per heavy atom. The maximum atomic E-state index is 13.0. The topological polar surface area (TPSA) is 56.5 Å². The number of aromatic nitrogens is 2. The first-order valence-electron chi connectivity index (χ1n) is 10.1. The van der Waals surface area contributed by atoms with E-state index >= 15 is 0 Å². The number of nitrogens with zero attached hydrogens (tertiary/aromatic N) is 3. The fourth-order valence-electron chi connectivity index (χ4n) is 3.32. The molecule has 0 unspecified atom stereocenters. The van der Waals surface area contributed by atoms with Gasteiger partial charge in [-0.3, -0.25) is 4.79 Å². The highest BCUT2D eigenvalue weighted by atomic mass is 79.9. The molecule has 0 amide bonds. The molecule has 1 heterocycles. The molecular weight excluding hydrogens is 454 g/mol. The highest BCUT2D eigenvalue weighted by Crippen LogP contribution is 2.17. The van der Waals surface area contributed by atoms with Crippen molar-refractivity contribution < 1.29 is 4.74 Å². The molecule has 0 atom stereocenters. The second-order valence-electron chi connectivity index (χ2n) is 7.25. The molecule has 0 spiro atoms. The molecule has 0 saturated heterocycles. The Balaban J connectivity index is 1.60. The Morgan fingerprint density at radius 2 is 1.94 bits per heavy atom. The molecular formula is C25H22BrN3O2. The van der Waals surface area contributed by atoms with E-state index in [1.807, 2.05) is 55.5 Å². The molecule has 31 heavy (non-hydrogen) atoms. The summed E-state index contributed by atoms with van der Waals surface area (Å²) >= 11 is 3.42. The highest BCUT2D eigenvalue weighted by Gasteiger charge is 2.09. The monoisotopic (exact) mass is 475 g/mol. The lowest BCUT2D eigenvalue weighted by molar-refractivity contribution is 0.306. The van der Waals surface area contributed by atoms with Crippen LogP contribution in [0.4, 0.5) is 0 Å². The van der Waals surface area contributed by atoms with Crippen LogP contribution in [0.2, 0.25) is 0 Å². The molecule has 0 aliphatic heterocycles. The number of rotatable bonds is 6. The van der Waals surface area contributed by atoms with E-state index in [0.717, 1.165) is 21.3 Å². The van der Waals surface area contributed by atoms with E-state index in [1.54, 1.807) is 12.3 Å². The number of aryl methyl sites for hydroxylation is 2. The van der Waals surface area contributed by atoms with Gasteiger partial charge in [0.25, 0.3) is 5.56 Å². The Labute approximate surface area is 189 Å². The second-order valence-corrected chi connectivity index (χ2v) is 8.17. The average Bonchev–Trinajstić information content (AvgIpc) is 2.77. The molecule has 4 rings (SSSR count). The third kappa shape index (κ3) is 4.91. The van der Waals surface area contributed by atoms with Gasteiger partial charge in [-0.2, -0.15) is 9.78 Å². The summed E-state index contributed by atoms with van der Waals surface area (Å²) in [5.41, 5.74) is 3.64. The molecule has 4 aromatic rings. The minimum absolute atomic E-state index is 0.189. The van der Waals surface area contributed by atoms with Crippen LogP contribution in [0.5, 0.6) is 5.75 Å². The Hall–Kier alpha value is -3.25. The van der Waals surface area contributed by atoms with Gasteiger partial charge in [0.2, 0.25) is 0 Å². The van der Waals surface area contributed by atoms with E-state index in [0.29, 0.717) is 29.8 Å². The van der Waals surface area contributed by atoms with Gasteiger partial charge in [-0.15, -0.1) is 0 Å². The van der Waals surface area contributed by atoms with Crippen molar-refractivity contribution in [3.8, 4) is 5.75 Å². The lowest BCUT2D eigenvalue weighted by atomic mass is 10.1. The maximum absolute atomic E-state index is 13.0. The molecule has 0 saturated carbocycles. The quantitative estimate of drug-likeness (QED) is 0.346. The van der Waals surface area contributed by atoms with Crippen molar-refractivity contribution in [2.45, 2.75) is 26.9 Å². The highest BCUT2D eigenvalue weighted by molar-refractivity contribution is 9.10. The van der Waals surface area contributed by atoms with Crippen LogP contribution in [0, 0.1) is 6.92 Å². The fourth-order valence-corrected chi connectivity index (χ4v) is 3.68. The van der Waals surface area contributed by atoms with E-state index in [9.17, 15) is 4.79 Å². The van der Waals surface area contributed by atoms with Crippen LogP contribution in [-0.4, -0.2) is 15.9 Å². The molecule has 156 valence electrons. The van der Waals surface area contributed by atoms with E-state index in [4.69, 9.17) is 4.74 Å². The minimum atomic E-state index is -0.189. The molecule has 0 N–H and O–H groups in total. The molecule has 5 nitrogen and oxygen atoms in total. The van der Waals surface area contributed by atoms with Gasteiger partial charge in [0.1, 0.15) is 18.2 Å². The summed E-state index contributed by atoms with van der Waals surface area (Å²) in [7, 11) is 0. The van der Waals surface area contributed by atoms with Crippen LogP contribution in [0.15, 0.2) is 81.1 Å². The number of fused-ring (bicyclic) bond motifs is 1. The smallest absolute Gasteiger partial charge is 0.282 e. The fraction of sp³-hybridized carbons (Fsp3) is 0.160. The third-order valence-electron chi connectivity index (χ3n) is 4.86. The van der Waals surface area contributed by atoms with E-state index in [2.05, 4.69) is 45.1 Å². The van der Waals surface area contributed by atoms with Gasteiger partial charge < -0.3 is 4.74 Å². The van der Waals surface area contributed by atoms with Crippen molar-refractivity contribution in [2.24, 2.45) is 5.10 Å². The summed E-state index contributed by atoms with van der Waals surface area (Å²) in [5, 5.41) is 4.97. The van der Waals surface area contributed by atoms with Gasteiger partial charge in [-0.1, -0.05) is 64.8 Å². The second kappa shape index (κ2) is 9.27. The van der Waals surface area contributed by atoms with Crippen molar-refractivity contribution in [1.29, 1.82) is 0 Å². The van der Waals surface area contributed by atoms with Crippen molar-refractivity contribution in [3.05, 3.63) is 104 Å². The van der Waals surface area contributed by atoms with Gasteiger partial charge in [-0.25, -0.2) is 4.98 Å². The summed E-state index contributed by atoms with van der Waals surface area (Å²) in [5.74, 6) is 1.36. The van der Waals surface area contributed by atoms with Crippen LogP contribution >= 0.6 is 15.9 Å². The Bertz CT molecular complexity index is 1330. The molecule has 0 aliphatic carbocycles. The van der Waals surface area contributed by atoms with Crippen molar-refractivity contribution in [3.63, 3.8) is 0 Å². The van der Waals surface area contributed by atoms with Crippen LogP contribution in [0.3, 0.4) is 0 Å². The zero-order chi connectivity index (χ0) is 21.8.